The molecule has 1 aliphatic carbocycles. The van der Waals surface area contributed by atoms with Gasteiger partial charge >= 0.3 is 0 Å². The van der Waals surface area contributed by atoms with Crippen molar-refractivity contribution in [2.45, 2.75) is 58.0 Å². The Morgan fingerprint density at radius 2 is 2.06 bits per heavy atom. The zero-order valence-corrected chi connectivity index (χ0v) is 21.2. The second-order valence-corrected chi connectivity index (χ2v) is 9.61. The van der Waals surface area contributed by atoms with E-state index >= 15 is 0 Å². The van der Waals surface area contributed by atoms with Crippen molar-refractivity contribution in [2.24, 2.45) is 0 Å². The molecule has 0 radical (unpaired) electrons. The molecule has 2 aliphatic rings. The molecule has 1 fully saturated rings. The van der Waals surface area contributed by atoms with Gasteiger partial charge in [-0.15, -0.1) is 0 Å². The Morgan fingerprint density at radius 3 is 2.82 bits per heavy atom. The molecule has 0 bridgehead atoms. The molecule has 2 heterocycles. The number of hydrogen-bond donors (Lipinski definition) is 4. The summed E-state index contributed by atoms with van der Waals surface area (Å²) in [6.45, 7) is 5.22. The van der Waals surface area contributed by atoms with Gasteiger partial charge in [0.15, 0.2) is 11.5 Å². The van der Waals surface area contributed by atoms with Crippen LogP contribution < -0.4 is 26.0 Å². The monoisotopic (exact) mass is 518 g/mol. The molecule has 33 heavy (non-hydrogen) atoms. The first-order valence-corrected chi connectivity index (χ1v) is 12.9. The number of carbonyl (C=O) groups excluding carboxylic acids is 1. The zero-order valence-electron chi connectivity index (χ0n) is 19.6. The summed E-state index contributed by atoms with van der Waals surface area (Å²) in [5.41, 5.74) is 2.88. The second-order valence-electron chi connectivity index (χ2n) is 8.75. The van der Waals surface area contributed by atoms with E-state index in [9.17, 15) is 4.79 Å². The van der Waals surface area contributed by atoms with Crippen molar-refractivity contribution in [1.82, 2.24) is 20.2 Å². The molecule has 1 amide bonds. The van der Waals surface area contributed by atoms with Crippen LogP contribution in [0.1, 0.15) is 60.6 Å². The Kier molecular flexibility index (Phi) is 8.14. The third-order valence-corrected chi connectivity index (χ3v) is 6.85. The first-order chi connectivity index (χ1) is 16.1. The number of amides is 1. The van der Waals surface area contributed by atoms with Gasteiger partial charge < -0.3 is 26.0 Å². The fraction of sp³-hybridized carbons (Fsp3) is 0.583. The van der Waals surface area contributed by atoms with Crippen LogP contribution in [0.3, 0.4) is 0 Å². The van der Waals surface area contributed by atoms with Crippen LogP contribution >= 0.6 is 15.9 Å². The lowest BCUT2D eigenvalue weighted by molar-refractivity contribution is 0.0948. The number of benzene rings is 1. The summed E-state index contributed by atoms with van der Waals surface area (Å²) in [4.78, 5) is 18.1. The minimum atomic E-state index is -0.114. The molecule has 1 saturated carbocycles. The lowest BCUT2D eigenvalue weighted by atomic mass is 9.96. The molecule has 0 spiro atoms. The highest BCUT2D eigenvalue weighted by Gasteiger charge is 2.26. The third-order valence-electron chi connectivity index (χ3n) is 6.26. The summed E-state index contributed by atoms with van der Waals surface area (Å²) < 4.78 is 8.75. The predicted molar refractivity (Wildman–Crippen MR) is 136 cm³/mol. The van der Waals surface area contributed by atoms with E-state index in [2.05, 4.69) is 49.3 Å². The molecule has 180 valence electrons. The number of hydrogen-bond acceptors (Lipinski definition) is 6. The van der Waals surface area contributed by atoms with Crippen LogP contribution in [0, 0.1) is 0 Å². The maximum atomic E-state index is 13.2. The summed E-state index contributed by atoms with van der Waals surface area (Å²) in [5.74, 6) is 2.20. The largest absolute Gasteiger partial charge is 0.492 e. The van der Waals surface area contributed by atoms with E-state index in [0.29, 0.717) is 43.8 Å². The number of likely N-dealkylation sites (N-methyl/N-ethyl adjacent to an activating group) is 1. The Morgan fingerprint density at radius 1 is 1.24 bits per heavy atom. The molecule has 1 aliphatic heterocycles. The number of fused-ring (bicyclic) bond motifs is 1. The number of anilines is 2. The Balaban J connectivity index is 1.71. The van der Waals surface area contributed by atoms with E-state index in [0.717, 1.165) is 47.5 Å². The van der Waals surface area contributed by atoms with Crippen LogP contribution in [0.15, 0.2) is 16.6 Å². The summed E-state index contributed by atoms with van der Waals surface area (Å²) in [7, 11) is 1.91. The minimum absolute atomic E-state index is 0.114. The normalized spacial score (nSPS) is 15.7. The molecule has 9 heteroatoms. The molecule has 8 nitrogen and oxygen atoms in total. The van der Waals surface area contributed by atoms with Crippen LogP contribution in [0.5, 0.6) is 5.75 Å². The van der Waals surface area contributed by atoms with Gasteiger partial charge in [-0.25, -0.2) is 0 Å². The van der Waals surface area contributed by atoms with Gasteiger partial charge in [0.25, 0.3) is 5.91 Å². The van der Waals surface area contributed by atoms with Gasteiger partial charge in [0.1, 0.15) is 5.75 Å². The molecule has 1 aromatic heterocycles. The van der Waals surface area contributed by atoms with Crippen molar-refractivity contribution in [3.8, 4) is 5.75 Å². The van der Waals surface area contributed by atoms with Crippen molar-refractivity contribution >= 4 is 33.6 Å². The average Bonchev–Trinajstić information content (AvgIpc) is 3.40. The van der Waals surface area contributed by atoms with Gasteiger partial charge in [0.05, 0.1) is 17.6 Å². The van der Waals surface area contributed by atoms with Gasteiger partial charge in [-0.2, -0.15) is 4.98 Å². The molecular formula is C24H35BrN6O2. The van der Waals surface area contributed by atoms with Crippen molar-refractivity contribution in [1.29, 1.82) is 0 Å². The number of ether oxygens (including phenoxy) is 1. The van der Waals surface area contributed by atoms with Gasteiger partial charge in [-0.1, -0.05) is 25.3 Å². The van der Waals surface area contributed by atoms with Crippen LogP contribution in [-0.4, -0.2) is 54.8 Å². The Bertz CT molecular complexity index is 970. The van der Waals surface area contributed by atoms with Crippen LogP contribution in [0.2, 0.25) is 0 Å². The standard InChI is InChI=1S/C24H35BrN6O2/c1-3-27-23(32)20-22(28-11-10-26-2)30-24(29-18-7-5-4-6-8-18)31(20)15-16-13-17-9-12-33-21(17)19(25)14-16/h13-14,18,26,28H,3-12,15H2,1-2H3,(H,27,32)(H,29,30). The summed E-state index contributed by atoms with van der Waals surface area (Å²) in [5, 5.41) is 13.1. The van der Waals surface area contributed by atoms with E-state index in [1.165, 1.54) is 24.8 Å². The smallest absolute Gasteiger partial charge is 0.271 e. The highest BCUT2D eigenvalue weighted by Crippen LogP contribution is 2.36. The van der Waals surface area contributed by atoms with Crippen LogP contribution in [0.4, 0.5) is 11.8 Å². The predicted octanol–water partition coefficient (Wildman–Crippen LogP) is 3.75. The maximum Gasteiger partial charge on any atom is 0.271 e. The highest BCUT2D eigenvalue weighted by molar-refractivity contribution is 9.10. The first kappa shape index (κ1) is 23.9. The molecule has 1 aromatic carbocycles. The van der Waals surface area contributed by atoms with Gasteiger partial charge in [0, 0.05) is 32.1 Å². The molecule has 0 saturated heterocycles. The van der Waals surface area contributed by atoms with Crippen molar-refractivity contribution < 1.29 is 9.53 Å². The van der Waals surface area contributed by atoms with Gasteiger partial charge in [-0.05, 0) is 59.9 Å². The highest BCUT2D eigenvalue weighted by atomic mass is 79.9. The van der Waals surface area contributed by atoms with E-state index in [1.807, 2.05) is 18.5 Å². The zero-order chi connectivity index (χ0) is 23.2. The van der Waals surface area contributed by atoms with Crippen LogP contribution in [-0.2, 0) is 13.0 Å². The average molecular weight is 519 g/mol. The quantitative estimate of drug-likeness (QED) is 0.358. The van der Waals surface area contributed by atoms with Crippen molar-refractivity contribution in [3.63, 3.8) is 0 Å². The number of imidazole rings is 1. The number of aromatic nitrogens is 2. The number of carbonyl (C=O) groups is 1. The van der Waals surface area contributed by atoms with Crippen molar-refractivity contribution in [2.75, 3.05) is 43.9 Å². The molecule has 4 rings (SSSR count). The van der Waals surface area contributed by atoms with Gasteiger partial charge in [0.2, 0.25) is 5.95 Å². The SMILES string of the molecule is CCNC(=O)c1c(NCCNC)nc(NC2CCCCC2)n1Cc1cc(Br)c2c(c1)CCO2. The first-order valence-electron chi connectivity index (χ1n) is 12.1. The second kappa shape index (κ2) is 11.2. The molecular weight excluding hydrogens is 484 g/mol. The number of nitrogens with zero attached hydrogens (tertiary/aromatic N) is 2. The number of nitrogens with one attached hydrogen (secondary N) is 4. The molecule has 0 atom stereocenters. The van der Waals surface area contributed by atoms with E-state index in [1.54, 1.807) is 0 Å². The van der Waals surface area contributed by atoms with Crippen LogP contribution in [0.25, 0.3) is 0 Å². The lowest BCUT2D eigenvalue weighted by Crippen LogP contribution is -2.29. The van der Waals surface area contributed by atoms with E-state index < -0.39 is 0 Å². The summed E-state index contributed by atoms with van der Waals surface area (Å²) >= 11 is 3.67. The van der Waals surface area contributed by atoms with E-state index in [4.69, 9.17) is 9.72 Å². The van der Waals surface area contributed by atoms with Crippen molar-refractivity contribution in [3.05, 3.63) is 33.4 Å². The third kappa shape index (κ3) is 5.63. The minimum Gasteiger partial charge on any atom is -0.492 e. The Labute approximate surface area is 204 Å². The molecule has 2 aromatic rings. The number of halogens is 1. The fourth-order valence-electron chi connectivity index (χ4n) is 4.65. The summed E-state index contributed by atoms with van der Waals surface area (Å²) in [6, 6.07) is 4.66. The molecule has 0 unspecified atom stereocenters. The van der Waals surface area contributed by atoms with E-state index in [-0.39, 0.29) is 5.91 Å². The molecule has 4 N–H and O–H groups in total. The Hall–Kier alpha value is -2.26. The maximum absolute atomic E-state index is 13.2. The lowest BCUT2D eigenvalue weighted by Gasteiger charge is -2.24. The number of rotatable bonds is 10. The topological polar surface area (TPSA) is 92.2 Å². The van der Waals surface area contributed by atoms with Gasteiger partial charge in [-0.3, -0.25) is 9.36 Å². The fourth-order valence-corrected chi connectivity index (χ4v) is 5.31. The summed E-state index contributed by atoms with van der Waals surface area (Å²) in [6.07, 6.45) is 6.91.